The Balaban J connectivity index is 1.52. The van der Waals surface area contributed by atoms with Gasteiger partial charge in [-0.25, -0.2) is 9.78 Å². The first-order valence-corrected chi connectivity index (χ1v) is 12.8. The zero-order chi connectivity index (χ0) is 26.4. The molecule has 0 radical (unpaired) electrons. The number of ether oxygens (including phenoxy) is 1. The molecule has 37 heavy (non-hydrogen) atoms. The Labute approximate surface area is 217 Å². The normalized spacial score (nSPS) is 14.1. The van der Waals surface area contributed by atoms with Gasteiger partial charge in [0, 0.05) is 29.2 Å². The molecule has 194 valence electrons. The molecule has 1 fully saturated rings. The molecule has 0 aliphatic heterocycles. The highest BCUT2D eigenvalue weighted by atomic mass is 16.6. The van der Waals surface area contributed by atoms with Crippen molar-refractivity contribution in [3.05, 3.63) is 66.0 Å². The van der Waals surface area contributed by atoms with Gasteiger partial charge in [-0.2, -0.15) is 0 Å². The first-order valence-electron chi connectivity index (χ1n) is 12.8. The fourth-order valence-corrected chi connectivity index (χ4v) is 4.58. The number of nitrogens with one attached hydrogen (secondary N) is 3. The van der Waals surface area contributed by atoms with Crippen LogP contribution in [0.2, 0.25) is 0 Å². The summed E-state index contributed by atoms with van der Waals surface area (Å²) >= 11 is 0. The zero-order valence-corrected chi connectivity index (χ0v) is 21.6. The number of anilines is 1. The second-order valence-electron chi connectivity index (χ2n) is 10.5. The number of carbonyl (C=O) groups excluding carboxylic acids is 3. The van der Waals surface area contributed by atoms with Gasteiger partial charge in [-0.1, -0.05) is 43.5 Å². The van der Waals surface area contributed by atoms with E-state index < -0.39 is 17.5 Å². The van der Waals surface area contributed by atoms with Crippen molar-refractivity contribution in [2.75, 3.05) is 11.9 Å². The summed E-state index contributed by atoms with van der Waals surface area (Å²) in [6.07, 6.45) is 6.86. The van der Waals surface area contributed by atoms with Crippen LogP contribution in [0.25, 0.3) is 10.8 Å². The van der Waals surface area contributed by atoms with Crippen LogP contribution in [-0.4, -0.2) is 35.0 Å². The van der Waals surface area contributed by atoms with E-state index in [0.29, 0.717) is 40.2 Å². The van der Waals surface area contributed by atoms with Gasteiger partial charge >= 0.3 is 6.09 Å². The molecule has 4 rings (SSSR count). The second kappa shape index (κ2) is 11.4. The topological polar surface area (TPSA) is 109 Å². The summed E-state index contributed by atoms with van der Waals surface area (Å²) in [6.45, 7) is 6.20. The third kappa shape index (κ3) is 6.84. The maximum Gasteiger partial charge on any atom is 0.413 e. The summed E-state index contributed by atoms with van der Waals surface area (Å²) in [4.78, 5) is 42.8. The van der Waals surface area contributed by atoms with E-state index in [9.17, 15) is 14.4 Å². The van der Waals surface area contributed by atoms with Gasteiger partial charge in [0.2, 0.25) is 0 Å². The Kier molecular flexibility index (Phi) is 8.06. The summed E-state index contributed by atoms with van der Waals surface area (Å²) in [7, 11) is 0. The van der Waals surface area contributed by atoms with Crippen LogP contribution >= 0.6 is 0 Å². The van der Waals surface area contributed by atoms with Crippen LogP contribution < -0.4 is 20.7 Å². The molecule has 1 aromatic heterocycles. The van der Waals surface area contributed by atoms with E-state index in [2.05, 4.69) is 20.9 Å². The van der Waals surface area contributed by atoms with Crippen LogP contribution in [0.4, 0.5) is 10.5 Å². The van der Waals surface area contributed by atoms with Crippen molar-refractivity contribution in [1.82, 2.24) is 15.6 Å². The lowest BCUT2D eigenvalue weighted by atomic mass is 9.89. The van der Waals surface area contributed by atoms with E-state index in [1.165, 1.54) is 25.5 Å². The van der Waals surface area contributed by atoms with Gasteiger partial charge in [-0.3, -0.25) is 9.59 Å². The number of hydrogen-bond acceptors (Lipinski definition) is 5. The number of pyridine rings is 1. The van der Waals surface area contributed by atoms with Crippen molar-refractivity contribution in [2.24, 2.45) is 5.92 Å². The predicted octanol–water partition coefficient (Wildman–Crippen LogP) is 5.68. The number of nitrogens with zero attached hydrogens (tertiary/aromatic N) is 1. The van der Waals surface area contributed by atoms with E-state index in [-0.39, 0.29) is 11.6 Å². The molecule has 1 aliphatic rings. The number of carbonyl (C=O) groups is 3. The van der Waals surface area contributed by atoms with Crippen LogP contribution in [0.15, 0.2) is 54.7 Å². The summed E-state index contributed by atoms with van der Waals surface area (Å²) in [5.41, 5.74) is 0.450. The van der Waals surface area contributed by atoms with Gasteiger partial charge in [0.15, 0.2) is 5.69 Å². The minimum absolute atomic E-state index is 0.176. The average molecular weight is 503 g/mol. The van der Waals surface area contributed by atoms with Crippen molar-refractivity contribution in [3.8, 4) is 5.75 Å². The summed E-state index contributed by atoms with van der Waals surface area (Å²) in [5, 5.41) is 9.84. The fraction of sp³-hybridized carbons (Fsp3) is 0.379. The summed E-state index contributed by atoms with van der Waals surface area (Å²) < 4.78 is 5.54. The third-order valence-electron chi connectivity index (χ3n) is 6.36. The highest BCUT2D eigenvalue weighted by Crippen LogP contribution is 2.30. The maximum atomic E-state index is 13.3. The van der Waals surface area contributed by atoms with Crippen LogP contribution in [0, 0.1) is 5.92 Å². The number of rotatable bonds is 6. The van der Waals surface area contributed by atoms with E-state index in [1.807, 2.05) is 32.9 Å². The molecule has 2 aromatic carbocycles. The van der Waals surface area contributed by atoms with Gasteiger partial charge in [0.1, 0.15) is 5.75 Å². The lowest BCUT2D eigenvalue weighted by Crippen LogP contribution is -2.42. The molecule has 0 atom stereocenters. The molecule has 1 aliphatic carbocycles. The van der Waals surface area contributed by atoms with Crippen molar-refractivity contribution >= 4 is 34.4 Å². The molecule has 1 heterocycles. The van der Waals surface area contributed by atoms with Crippen LogP contribution in [-0.2, 0) is 0 Å². The molecule has 8 nitrogen and oxygen atoms in total. The number of amides is 3. The van der Waals surface area contributed by atoms with E-state index in [0.717, 1.165) is 12.8 Å². The predicted molar refractivity (Wildman–Crippen MR) is 144 cm³/mol. The first-order chi connectivity index (χ1) is 17.7. The smallest absolute Gasteiger partial charge is 0.410 e. The lowest BCUT2D eigenvalue weighted by Gasteiger charge is -2.21. The summed E-state index contributed by atoms with van der Waals surface area (Å²) in [5.74, 6) is 0.131. The van der Waals surface area contributed by atoms with E-state index in [4.69, 9.17) is 4.74 Å². The average Bonchev–Trinajstić information content (AvgIpc) is 2.87. The van der Waals surface area contributed by atoms with Crippen molar-refractivity contribution in [3.63, 3.8) is 0 Å². The lowest BCUT2D eigenvalue weighted by molar-refractivity contribution is 0.0939. The Bertz CT molecular complexity index is 1290. The quantitative estimate of drug-likeness (QED) is 0.402. The standard InChI is InChI=1S/C29H34N4O4/c1-29(2,3)33-28(36)37-24-16-15-22(20-12-7-8-13-21(20)24)26(34)32-23-14-9-17-30-25(23)27(35)31-18-19-10-5-4-6-11-19/h7-9,12-17,19H,4-6,10-11,18H2,1-3H3,(H,31,35)(H,32,34)(H,33,36). The van der Waals surface area contributed by atoms with Crippen molar-refractivity contribution in [1.29, 1.82) is 0 Å². The molecular weight excluding hydrogens is 468 g/mol. The van der Waals surface area contributed by atoms with Gasteiger partial charge in [0.05, 0.1) is 5.69 Å². The van der Waals surface area contributed by atoms with Gasteiger partial charge < -0.3 is 20.7 Å². The van der Waals surface area contributed by atoms with Crippen LogP contribution in [0.5, 0.6) is 5.75 Å². The molecule has 3 N–H and O–H groups in total. The number of fused-ring (bicyclic) bond motifs is 1. The second-order valence-corrected chi connectivity index (χ2v) is 10.5. The Morgan fingerprint density at radius 2 is 1.65 bits per heavy atom. The largest absolute Gasteiger partial charge is 0.413 e. The van der Waals surface area contributed by atoms with E-state index in [1.54, 1.807) is 36.4 Å². The number of aromatic nitrogens is 1. The SMILES string of the molecule is CC(C)(C)NC(=O)Oc1ccc(C(=O)Nc2cccnc2C(=O)NCC2CCCCC2)c2ccccc12. The minimum Gasteiger partial charge on any atom is -0.410 e. The van der Waals surface area contributed by atoms with Gasteiger partial charge in [-0.05, 0) is 69.2 Å². The Morgan fingerprint density at radius 1 is 0.919 bits per heavy atom. The van der Waals surface area contributed by atoms with Crippen molar-refractivity contribution < 1.29 is 19.1 Å². The van der Waals surface area contributed by atoms with Crippen LogP contribution in [0.1, 0.15) is 73.7 Å². The highest BCUT2D eigenvalue weighted by molar-refractivity contribution is 6.15. The molecule has 1 saturated carbocycles. The molecule has 8 heteroatoms. The number of benzene rings is 2. The Hall–Kier alpha value is -3.94. The minimum atomic E-state index is -0.575. The summed E-state index contributed by atoms with van der Waals surface area (Å²) in [6, 6.07) is 13.8. The molecule has 3 amide bonds. The molecule has 3 aromatic rings. The maximum absolute atomic E-state index is 13.3. The van der Waals surface area contributed by atoms with Gasteiger partial charge in [-0.15, -0.1) is 0 Å². The Morgan fingerprint density at radius 3 is 2.38 bits per heavy atom. The first kappa shape index (κ1) is 26.1. The molecule has 0 bridgehead atoms. The molecule has 0 unspecified atom stereocenters. The van der Waals surface area contributed by atoms with Gasteiger partial charge in [0.25, 0.3) is 11.8 Å². The molecule has 0 spiro atoms. The number of hydrogen-bond donors (Lipinski definition) is 3. The molecule has 0 saturated heterocycles. The van der Waals surface area contributed by atoms with Crippen LogP contribution in [0.3, 0.4) is 0 Å². The third-order valence-corrected chi connectivity index (χ3v) is 6.36. The van der Waals surface area contributed by atoms with E-state index >= 15 is 0 Å². The zero-order valence-electron chi connectivity index (χ0n) is 21.6. The molecular formula is C29H34N4O4. The van der Waals surface area contributed by atoms with Crippen molar-refractivity contribution in [2.45, 2.75) is 58.4 Å². The fourth-order valence-electron chi connectivity index (χ4n) is 4.58. The highest BCUT2D eigenvalue weighted by Gasteiger charge is 2.21. The monoisotopic (exact) mass is 502 g/mol.